The van der Waals surface area contributed by atoms with Crippen LogP contribution in [-0.4, -0.2) is 13.0 Å². The van der Waals surface area contributed by atoms with Crippen molar-refractivity contribution in [1.29, 1.82) is 0 Å². The smallest absolute Gasteiger partial charge is 0.225 e. The largest absolute Gasteiger partial charge is 0.493 e. The number of hydrogen-bond donors (Lipinski definition) is 1. The maximum atomic E-state index is 12.2. The van der Waals surface area contributed by atoms with E-state index in [0.717, 1.165) is 21.7 Å². The maximum Gasteiger partial charge on any atom is 0.225 e. The highest BCUT2D eigenvalue weighted by molar-refractivity contribution is 7.10. The van der Waals surface area contributed by atoms with E-state index in [0.29, 0.717) is 29.5 Å². The van der Waals surface area contributed by atoms with Gasteiger partial charge in [0, 0.05) is 33.4 Å². The number of ether oxygens (including phenoxy) is 2. The van der Waals surface area contributed by atoms with Gasteiger partial charge in [0.05, 0.1) is 12.8 Å². The number of carbonyl (C=O) groups is 1. The normalized spacial score (nSPS) is 15.8. The fourth-order valence-corrected chi connectivity index (χ4v) is 4.47. The number of methoxy groups -OCH3 is 1. The topological polar surface area (TPSA) is 47.6 Å². The summed E-state index contributed by atoms with van der Waals surface area (Å²) in [6.45, 7) is 0.323. The third kappa shape index (κ3) is 3.53. The first-order valence-electron chi connectivity index (χ1n) is 8.57. The lowest BCUT2D eigenvalue weighted by molar-refractivity contribution is -0.116. The Morgan fingerprint density at radius 1 is 1.19 bits per heavy atom. The number of fused-ring (bicyclic) bond motifs is 1. The van der Waals surface area contributed by atoms with Gasteiger partial charge < -0.3 is 14.8 Å². The van der Waals surface area contributed by atoms with Crippen LogP contribution in [0, 0.1) is 0 Å². The van der Waals surface area contributed by atoms with Gasteiger partial charge in [-0.05, 0) is 23.6 Å². The summed E-state index contributed by atoms with van der Waals surface area (Å²) in [5.74, 6) is 1.23. The van der Waals surface area contributed by atoms with Crippen molar-refractivity contribution in [1.82, 2.24) is 0 Å². The predicted molar refractivity (Wildman–Crippen MR) is 108 cm³/mol. The summed E-state index contributed by atoms with van der Waals surface area (Å²) in [6.07, 6.45) is 0.378. The van der Waals surface area contributed by atoms with E-state index in [1.54, 1.807) is 18.4 Å². The van der Waals surface area contributed by atoms with Crippen LogP contribution < -0.4 is 14.8 Å². The molecule has 0 unspecified atom stereocenters. The Labute approximate surface area is 166 Å². The van der Waals surface area contributed by atoms with Gasteiger partial charge in [-0.3, -0.25) is 4.79 Å². The van der Waals surface area contributed by atoms with Gasteiger partial charge in [-0.2, -0.15) is 0 Å². The molecule has 4 rings (SSSR count). The Morgan fingerprint density at radius 3 is 2.85 bits per heavy atom. The van der Waals surface area contributed by atoms with Crippen molar-refractivity contribution in [3.8, 4) is 11.5 Å². The Kier molecular flexibility index (Phi) is 5.05. The van der Waals surface area contributed by atoms with Gasteiger partial charge in [-0.15, -0.1) is 11.3 Å². The summed E-state index contributed by atoms with van der Waals surface area (Å²) in [5, 5.41) is 5.59. The molecule has 0 aliphatic carbocycles. The van der Waals surface area contributed by atoms with Crippen molar-refractivity contribution in [2.45, 2.75) is 18.9 Å². The molecule has 2 aromatic carbocycles. The van der Waals surface area contributed by atoms with Crippen LogP contribution in [0.5, 0.6) is 11.5 Å². The van der Waals surface area contributed by atoms with Gasteiger partial charge in [0.25, 0.3) is 0 Å². The van der Waals surface area contributed by atoms with Crippen LogP contribution in [0.3, 0.4) is 0 Å². The van der Waals surface area contributed by atoms with Gasteiger partial charge >= 0.3 is 0 Å². The number of benzene rings is 2. The van der Waals surface area contributed by atoms with Crippen molar-refractivity contribution in [2.75, 3.05) is 12.4 Å². The minimum absolute atomic E-state index is 0.00535. The molecule has 2 heterocycles. The van der Waals surface area contributed by atoms with Crippen LogP contribution in [0.25, 0.3) is 0 Å². The highest BCUT2D eigenvalue weighted by atomic mass is 35.5. The van der Waals surface area contributed by atoms with Gasteiger partial charge in [0.1, 0.15) is 6.61 Å². The Balaban J connectivity index is 1.72. The minimum Gasteiger partial charge on any atom is -0.493 e. The molecule has 0 saturated carbocycles. The van der Waals surface area contributed by atoms with Gasteiger partial charge in [-0.1, -0.05) is 41.9 Å². The summed E-state index contributed by atoms with van der Waals surface area (Å²) in [6, 6.07) is 15.3. The molecular weight excluding hydrogens is 382 g/mol. The number of nitrogens with one attached hydrogen (secondary N) is 1. The summed E-state index contributed by atoms with van der Waals surface area (Å²) >= 11 is 7.90. The summed E-state index contributed by atoms with van der Waals surface area (Å²) < 4.78 is 11.7. The lowest BCUT2D eigenvalue weighted by Crippen LogP contribution is -2.22. The molecule has 1 amide bonds. The van der Waals surface area contributed by atoms with E-state index in [-0.39, 0.29) is 11.8 Å². The first-order valence-corrected chi connectivity index (χ1v) is 9.83. The zero-order valence-corrected chi connectivity index (χ0v) is 16.3. The highest BCUT2D eigenvalue weighted by Gasteiger charge is 2.30. The van der Waals surface area contributed by atoms with Crippen molar-refractivity contribution in [2.24, 2.45) is 0 Å². The van der Waals surface area contributed by atoms with E-state index in [1.807, 2.05) is 53.9 Å². The summed E-state index contributed by atoms with van der Waals surface area (Å²) in [4.78, 5) is 13.3. The zero-order valence-electron chi connectivity index (χ0n) is 14.7. The number of hydrogen-bond acceptors (Lipinski definition) is 4. The zero-order chi connectivity index (χ0) is 18.8. The van der Waals surface area contributed by atoms with Crippen LogP contribution in [0.4, 0.5) is 5.69 Å². The first kappa shape index (κ1) is 17.9. The van der Waals surface area contributed by atoms with E-state index in [1.165, 1.54) is 0 Å². The second-order valence-corrected chi connectivity index (χ2v) is 7.62. The van der Waals surface area contributed by atoms with Crippen LogP contribution in [0.15, 0.2) is 53.9 Å². The van der Waals surface area contributed by atoms with Crippen molar-refractivity contribution in [3.63, 3.8) is 0 Å². The maximum absolute atomic E-state index is 12.2. The molecule has 1 aliphatic heterocycles. The average Bonchev–Trinajstić information content (AvgIpc) is 3.15. The van der Waals surface area contributed by atoms with Crippen LogP contribution in [0.2, 0.25) is 5.02 Å². The molecule has 1 N–H and O–H groups in total. The minimum atomic E-state index is -0.0647. The Hall–Kier alpha value is -2.50. The van der Waals surface area contributed by atoms with Crippen molar-refractivity contribution in [3.05, 3.63) is 74.9 Å². The average molecular weight is 400 g/mol. The lowest BCUT2D eigenvalue weighted by Gasteiger charge is -2.25. The lowest BCUT2D eigenvalue weighted by atomic mass is 9.89. The first-order chi connectivity index (χ1) is 13.2. The monoisotopic (exact) mass is 399 g/mol. The third-order valence-electron chi connectivity index (χ3n) is 4.61. The SMILES string of the molecule is COc1cccc([C@H]2CC(=O)Nc3ccsc32)c1OCc1ccccc1Cl. The Bertz CT molecular complexity index is 985. The van der Waals surface area contributed by atoms with E-state index < -0.39 is 0 Å². The van der Waals surface area contributed by atoms with Gasteiger partial charge in [0.2, 0.25) is 5.91 Å². The standard InChI is InChI=1S/C21H18ClNO3S/c1-25-18-8-4-6-14(15-11-19(24)23-17-9-10-27-21(15)17)20(18)26-12-13-5-2-3-7-16(13)22/h2-10,15H,11-12H2,1H3,(H,23,24)/t15-/m1/s1. The molecular formula is C21H18ClNO3S. The van der Waals surface area contributed by atoms with Gasteiger partial charge in [-0.25, -0.2) is 0 Å². The number of carbonyl (C=O) groups excluding carboxylic acids is 1. The predicted octanol–water partition coefficient (Wildman–Crippen LogP) is 5.46. The van der Waals surface area contributed by atoms with E-state index >= 15 is 0 Å². The molecule has 3 aromatic rings. The number of halogens is 1. The molecule has 1 atom stereocenters. The van der Waals surface area contributed by atoms with E-state index in [2.05, 4.69) is 5.32 Å². The number of para-hydroxylation sites is 1. The second kappa shape index (κ2) is 7.62. The molecule has 6 heteroatoms. The molecule has 1 aliphatic rings. The second-order valence-electron chi connectivity index (χ2n) is 6.26. The molecule has 0 fully saturated rings. The van der Waals surface area contributed by atoms with Gasteiger partial charge in [0.15, 0.2) is 11.5 Å². The highest BCUT2D eigenvalue weighted by Crippen LogP contribution is 2.46. The summed E-state index contributed by atoms with van der Waals surface area (Å²) in [5.41, 5.74) is 2.72. The van der Waals surface area contributed by atoms with Crippen LogP contribution in [0.1, 0.15) is 28.3 Å². The van der Waals surface area contributed by atoms with Crippen LogP contribution >= 0.6 is 22.9 Å². The Morgan fingerprint density at radius 2 is 2.04 bits per heavy atom. The number of thiophene rings is 1. The van der Waals surface area contributed by atoms with Crippen molar-refractivity contribution < 1.29 is 14.3 Å². The molecule has 0 bridgehead atoms. The molecule has 138 valence electrons. The number of rotatable bonds is 5. The third-order valence-corrected chi connectivity index (χ3v) is 6.01. The fourth-order valence-electron chi connectivity index (χ4n) is 3.31. The number of amides is 1. The molecule has 0 radical (unpaired) electrons. The van der Waals surface area contributed by atoms with Crippen LogP contribution in [-0.2, 0) is 11.4 Å². The quantitative estimate of drug-likeness (QED) is 0.619. The fraction of sp³-hybridized carbons (Fsp3) is 0.190. The summed E-state index contributed by atoms with van der Waals surface area (Å²) in [7, 11) is 1.62. The molecule has 27 heavy (non-hydrogen) atoms. The molecule has 0 spiro atoms. The van der Waals surface area contributed by atoms with Crippen molar-refractivity contribution >= 4 is 34.5 Å². The number of anilines is 1. The molecule has 1 aromatic heterocycles. The van der Waals surface area contributed by atoms with E-state index in [4.69, 9.17) is 21.1 Å². The molecule has 0 saturated heterocycles. The molecule has 4 nitrogen and oxygen atoms in total. The van der Waals surface area contributed by atoms with E-state index in [9.17, 15) is 4.79 Å².